The SMILES string of the molecule is CCC(C)(C)C(=O)OC12CC3CC(CC(C3)C1C1=CCC(C)CC1)C2. The summed E-state index contributed by atoms with van der Waals surface area (Å²) in [5.74, 6) is 3.75. The molecule has 4 fully saturated rings. The van der Waals surface area contributed by atoms with Gasteiger partial charge in [-0.15, -0.1) is 0 Å². The smallest absolute Gasteiger partial charge is 0.312 e. The summed E-state index contributed by atoms with van der Waals surface area (Å²) in [6.45, 7) is 8.56. The van der Waals surface area contributed by atoms with Crippen molar-refractivity contribution in [1.82, 2.24) is 0 Å². The molecule has 5 rings (SSSR count). The van der Waals surface area contributed by atoms with Crippen molar-refractivity contribution >= 4 is 5.97 Å². The Kier molecular flexibility index (Phi) is 4.32. The van der Waals surface area contributed by atoms with Gasteiger partial charge in [-0.3, -0.25) is 4.79 Å². The van der Waals surface area contributed by atoms with Crippen molar-refractivity contribution in [2.75, 3.05) is 0 Å². The Morgan fingerprint density at radius 2 is 1.92 bits per heavy atom. The molecule has 4 saturated carbocycles. The van der Waals surface area contributed by atoms with Gasteiger partial charge in [0.15, 0.2) is 0 Å². The predicted molar refractivity (Wildman–Crippen MR) is 101 cm³/mol. The maximum atomic E-state index is 13.0. The summed E-state index contributed by atoms with van der Waals surface area (Å²) >= 11 is 0. The highest BCUT2D eigenvalue weighted by atomic mass is 16.6. The number of ether oxygens (including phenoxy) is 1. The first-order valence-corrected chi connectivity index (χ1v) is 10.8. The van der Waals surface area contributed by atoms with Crippen molar-refractivity contribution < 1.29 is 9.53 Å². The largest absolute Gasteiger partial charge is 0.458 e. The van der Waals surface area contributed by atoms with E-state index in [1.165, 1.54) is 38.5 Å². The van der Waals surface area contributed by atoms with Crippen molar-refractivity contribution in [2.45, 2.75) is 91.1 Å². The Bertz CT molecular complexity index is 559. The molecule has 0 radical (unpaired) electrons. The molecule has 0 aliphatic heterocycles. The number of carbonyl (C=O) groups is 1. The molecule has 5 aliphatic carbocycles. The van der Waals surface area contributed by atoms with Gasteiger partial charge in [0.25, 0.3) is 0 Å². The Morgan fingerprint density at radius 1 is 1.24 bits per heavy atom. The van der Waals surface area contributed by atoms with Gasteiger partial charge >= 0.3 is 5.97 Å². The van der Waals surface area contributed by atoms with Crippen LogP contribution in [0.15, 0.2) is 11.6 Å². The molecule has 0 aromatic rings. The zero-order valence-corrected chi connectivity index (χ0v) is 16.6. The van der Waals surface area contributed by atoms with Gasteiger partial charge in [-0.05, 0) is 95.3 Å². The van der Waals surface area contributed by atoms with E-state index in [4.69, 9.17) is 4.74 Å². The van der Waals surface area contributed by atoms with Crippen LogP contribution >= 0.6 is 0 Å². The first-order chi connectivity index (χ1) is 11.8. The van der Waals surface area contributed by atoms with Gasteiger partial charge in [-0.25, -0.2) is 0 Å². The van der Waals surface area contributed by atoms with Gasteiger partial charge in [0.2, 0.25) is 0 Å². The van der Waals surface area contributed by atoms with Gasteiger partial charge in [0, 0.05) is 5.92 Å². The van der Waals surface area contributed by atoms with Crippen LogP contribution in [-0.2, 0) is 9.53 Å². The van der Waals surface area contributed by atoms with Crippen LogP contribution in [0.2, 0.25) is 0 Å². The summed E-state index contributed by atoms with van der Waals surface area (Å²) in [7, 11) is 0. The normalized spacial score (nSPS) is 43.0. The zero-order valence-electron chi connectivity index (χ0n) is 16.6. The van der Waals surface area contributed by atoms with Crippen LogP contribution < -0.4 is 0 Å². The lowest BCUT2D eigenvalue weighted by atomic mass is 9.47. The molecular weight excluding hydrogens is 308 g/mol. The quantitative estimate of drug-likeness (QED) is 0.468. The summed E-state index contributed by atoms with van der Waals surface area (Å²) < 4.78 is 6.52. The Hall–Kier alpha value is -0.790. The standard InChI is InChI=1S/C23H36O2/c1-5-22(3,4)21(24)25-23-13-16-10-17(14-23)12-19(11-16)20(23)18-8-6-15(2)7-9-18/h8,15-17,19-20H,5-7,9-14H2,1-4H3. The van der Waals surface area contributed by atoms with Gasteiger partial charge < -0.3 is 4.74 Å². The van der Waals surface area contributed by atoms with Crippen LogP contribution in [0.1, 0.15) is 85.5 Å². The van der Waals surface area contributed by atoms with E-state index in [9.17, 15) is 4.79 Å². The molecule has 0 spiro atoms. The lowest BCUT2D eigenvalue weighted by molar-refractivity contribution is -0.210. The van der Waals surface area contributed by atoms with Crippen molar-refractivity contribution in [2.24, 2.45) is 35.0 Å². The minimum atomic E-state index is -0.358. The summed E-state index contributed by atoms with van der Waals surface area (Å²) in [4.78, 5) is 13.0. The number of carbonyl (C=O) groups excluding carboxylic acids is 1. The maximum absolute atomic E-state index is 13.0. The second-order valence-electron chi connectivity index (χ2n) is 10.4. The van der Waals surface area contributed by atoms with E-state index in [-0.39, 0.29) is 17.0 Å². The van der Waals surface area contributed by atoms with E-state index < -0.39 is 0 Å². The van der Waals surface area contributed by atoms with Crippen LogP contribution in [0, 0.1) is 35.0 Å². The Balaban J connectivity index is 1.65. The summed E-state index contributed by atoms with van der Waals surface area (Å²) in [6.07, 6.45) is 13.5. The highest BCUT2D eigenvalue weighted by Gasteiger charge is 2.60. The third-order valence-electron chi connectivity index (χ3n) is 8.09. The topological polar surface area (TPSA) is 26.3 Å². The fourth-order valence-corrected chi connectivity index (χ4v) is 6.49. The van der Waals surface area contributed by atoms with Crippen LogP contribution in [0.4, 0.5) is 0 Å². The molecule has 2 nitrogen and oxygen atoms in total. The van der Waals surface area contributed by atoms with Crippen LogP contribution in [0.5, 0.6) is 0 Å². The Morgan fingerprint density at radius 3 is 2.48 bits per heavy atom. The second kappa shape index (κ2) is 6.13. The number of esters is 1. The average molecular weight is 345 g/mol. The van der Waals surface area contributed by atoms with Crippen molar-refractivity contribution in [3.63, 3.8) is 0 Å². The van der Waals surface area contributed by atoms with E-state index in [0.717, 1.165) is 42.9 Å². The average Bonchev–Trinajstić information content (AvgIpc) is 2.55. The summed E-state index contributed by atoms with van der Waals surface area (Å²) in [5, 5.41) is 0. The lowest BCUT2D eigenvalue weighted by Gasteiger charge is -2.61. The van der Waals surface area contributed by atoms with Gasteiger partial charge in [0.1, 0.15) is 5.60 Å². The second-order valence-corrected chi connectivity index (χ2v) is 10.4. The molecule has 25 heavy (non-hydrogen) atoms. The minimum Gasteiger partial charge on any atom is -0.458 e. The molecule has 0 heterocycles. The number of hydrogen-bond acceptors (Lipinski definition) is 2. The third-order valence-corrected chi connectivity index (χ3v) is 8.09. The van der Waals surface area contributed by atoms with E-state index in [0.29, 0.717) is 5.92 Å². The molecule has 5 aliphatic rings. The molecule has 0 aromatic carbocycles. The van der Waals surface area contributed by atoms with E-state index in [1.54, 1.807) is 5.57 Å². The molecule has 4 atom stereocenters. The van der Waals surface area contributed by atoms with Gasteiger partial charge in [-0.1, -0.05) is 25.5 Å². The number of allylic oxidation sites excluding steroid dienone is 1. The fraction of sp³-hybridized carbons (Fsp3) is 0.870. The van der Waals surface area contributed by atoms with Crippen molar-refractivity contribution in [1.29, 1.82) is 0 Å². The highest BCUT2D eigenvalue weighted by Crippen LogP contribution is 2.62. The van der Waals surface area contributed by atoms with Gasteiger partial charge in [0.05, 0.1) is 5.41 Å². The number of rotatable bonds is 4. The van der Waals surface area contributed by atoms with E-state index >= 15 is 0 Å². The van der Waals surface area contributed by atoms with Crippen molar-refractivity contribution in [3.8, 4) is 0 Å². The molecule has 0 amide bonds. The lowest BCUT2D eigenvalue weighted by Crippen LogP contribution is -2.60. The fourth-order valence-electron chi connectivity index (χ4n) is 6.49. The van der Waals surface area contributed by atoms with Crippen LogP contribution in [-0.4, -0.2) is 11.6 Å². The monoisotopic (exact) mass is 344 g/mol. The minimum absolute atomic E-state index is 0.0479. The Labute approximate surface area is 153 Å². The zero-order chi connectivity index (χ0) is 17.8. The van der Waals surface area contributed by atoms with Crippen molar-refractivity contribution in [3.05, 3.63) is 11.6 Å². The molecule has 0 N–H and O–H groups in total. The summed E-state index contributed by atoms with van der Waals surface area (Å²) in [6, 6.07) is 0. The maximum Gasteiger partial charge on any atom is 0.312 e. The molecule has 0 aromatic heterocycles. The molecule has 4 bridgehead atoms. The highest BCUT2D eigenvalue weighted by molar-refractivity contribution is 5.76. The molecule has 140 valence electrons. The first kappa shape index (κ1) is 17.6. The van der Waals surface area contributed by atoms with E-state index in [2.05, 4.69) is 19.9 Å². The molecule has 0 saturated heterocycles. The molecule has 4 unspecified atom stereocenters. The molecular formula is C23H36O2. The third kappa shape index (κ3) is 2.98. The molecule has 2 heteroatoms. The first-order valence-electron chi connectivity index (χ1n) is 10.8. The predicted octanol–water partition coefficient (Wildman–Crippen LogP) is 5.91. The summed E-state index contributed by atoms with van der Waals surface area (Å²) in [5.41, 5.74) is 1.11. The van der Waals surface area contributed by atoms with Crippen LogP contribution in [0.25, 0.3) is 0 Å². The van der Waals surface area contributed by atoms with E-state index in [1.807, 2.05) is 13.8 Å². The van der Waals surface area contributed by atoms with Crippen LogP contribution in [0.3, 0.4) is 0 Å². The number of hydrogen-bond donors (Lipinski definition) is 0. The van der Waals surface area contributed by atoms with Gasteiger partial charge in [-0.2, -0.15) is 0 Å².